The molecule has 0 saturated heterocycles. The zero-order valence-electron chi connectivity index (χ0n) is 10.2. The van der Waals surface area contributed by atoms with Gasteiger partial charge < -0.3 is 9.94 Å². The van der Waals surface area contributed by atoms with Crippen molar-refractivity contribution in [1.82, 2.24) is 0 Å². The lowest BCUT2D eigenvalue weighted by Crippen LogP contribution is -1.99. The van der Waals surface area contributed by atoms with E-state index in [9.17, 15) is 0 Å². The number of ether oxygens (including phenoxy) is 1. The summed E-state index contributed by atoms with van der Waals surface area (Å²) in [6.45, 7) is 0.348. The molecule has 1 N–H and O–H groups in total. The van der Waals surface area contributed by atoms with E-state index in [-0.39, 0.29) is 0 Å². The van der Waals surface area contributed by atoms with Gasteiger partial charge in [0.1, 0.15) is 12.4 Å². The predicted octanol–water partition coefficient (Wildman–Crippen LogP) is 5.14. The third-order valence-corrected chi connectivity index (χ3v) is 3.56. The summed E-state index contributed by atoms with van der Waals surface area (Å²) < 4.78 is 6.69. The van der Waals surface area contributed by atoms with Gasteiger partial charge in [-0.3, -0.25) is 0 Å². The van der Waals surface area contributed by atoms with Crippen LogP contribution in [0.15, 0.2) is 46.0 Å². The lowest BCUT2D eigenvalue weighted by Gasteiger charge is -2.11. The molecule has 0 unspecified atom stereocenters. The number of rotatable bonds is 4. The molecule has 20 heavy (non-hydrogen) atoms. The monoisotopic (exact) mass is 373 g/mol. The second kappa shape index (κ2) is 6.97. The topological polar surface area (TPSA) is 41.8 Å². The van der Waals surface area contributed by atoms with Gasteiger partial charge in [-0.1, -0.05) is 56.4 Å². The summed E-state index contributed by atoms with van der Waals surface area (Å²) in [6, 6.07) is 10.9. The van der Waals surface area contributed by atoms with E-state index in [1.165, 1.54) is 6.21 Å². The summed E-state index contributed by atoms with van der Waals surface area (Å²) >= 11 is 15.4. The van der Waals surface area contributed by atoms with Crippen LogP contribution in [-0.2, 0) is 6.61 Å². The summed E-state index contributed by atoms with van der Waals surface area (Å²) in [7, 11) is 0. The van der Waals surface area contributed by atoms with E-state index in [0.717, 1.165) is 10.0 Å². The van der Waals surface area contributed by atoms with Crippen molar-refractivity contribution in [2.24, 2.45) is 5.16 Å². The third-order valence-electron chi connectivity index (χ3n) is 2.53. The molecule has 0 aromatic heterocycles. The van der Waals surface area contributed by atoms with Crippen LogP contribution in [0.4, 0.5) is 0 Å². The van der Waals surface area contributed by atoms with Gasteiger partial charge in [0.2, 0.25) is 0 Å². The molecule has 0 bridgehead atoms. The van der Waals surface area contributed by atoms with Gasteiger partial charge in [0.05, 0.1) is 11.2 Å². The number of nitrogens with zero attached hydrogens (tertiary/aromatic N) is 1. The molecule has 0 atom stereocenters. The van der Waals surface area contributed by atoms with Gasteiger partial charge in [0.15, 0.2) is 0 Å². The zero-order chi connectivity index (χ0) is 14.5. The number of halogens is 3. The molecule has 0 saturated carbocycles. The van der Waals surface area contributed by atoms with E-state index in [0.29, 0.717) is 28.0 Å². The van der Waals surface area contributed by atoms with E-state index in [1.54, 1.807) is 12.1 Å². The van der Waals surface area contributed by atoms with Crippen LogP contribution in [0, 0.1) is 0 Å². The molecule has 0 aliphatic heterocycles. The molecule has 0 amide bonds. The SMILES string of the molecule is O/N=C\c1cc(Cl)cc(Cl)c1OCc1ccc(Br)cc1. The van der Waals surface area contributed by atoms with Crippen LogP contribution < -0.4 is 4.74 Å². The molecule has 0 spiro atoms. The molecule has 2 aromatic rings. The molecule has 0 radical (unpaired) electrons. The summed E-state index contributed by atoms with van der Waals surface area (Å²) in [5, 5.41) is 12.5. The molecule has 104 valence electrons. The number of hydrogen-bond acceptors (Lipinski definition) is 3. The molecule has 0 heterocycles. The van der Waals surface area contributed by atoms with Gasteiger partial charge >= 0.3 is 0 Å². The quantitative estimate of drug-likeness (QED) is 0.457. The highest BCUT2D eigenvalue weighted by Gasteiger charge is 2.10. The van der Waals surface area contributed by atoms with E-state index in [1.807, 2.05) is 24.3 Å². The normalized spacial score (nSPS) is 10.9. The summed E-state index contributed by atoms with van der Waals surface area (Å²) in [5.41, 5.74) is 1.51. The van der Waals surface area contributed by atoms with Crippen LogP contribution in [-0.4, -0.2) is 11.4 Å². The van der Waals surface area contributed by atoms with Crippen molar-refractivity contribution in [3.05, 3.63) is 62.0 Å². The highest BCUT2D eigenvalue weighted by Crippen LogP contribution is 2.32. The predicted molar refractivity (Wildman–Crippen MR) is 84.3 cm³/mol. The molecule has 3 nitrogen and oxygen atoms in total. The maximum atomic E-state index is 8.66. The maximum Gasteiger partial charge on any atom is 0.147 e. The number of benzene rings is 2. The Hall–Kier alpha value is -1.23. The molecular formula is C14H10BrCl2NO2. The van der Waals surface area contributed by atoms with Gasteiger partial charge in [0, 0.05) is 15.1 Å². The summed E-state index contributed by atoms with van der Waals surface area (Å²) in [6.07, 6.45) is 1.23. The van der Waals surface area contributed by atoms with Crippen molar-refractivity contribution in [3.63, 3.8) is 0 Å². The molecule has 2 rings (SSSR count). The Morgan fingerprint density at radius 1 is 1.20 bits per heavy atom. The fourth-order valence-corrected chi connectivity index (χ4v) is 2.45. The molecule has 0 aliphatic carbocycles. The minimum atomic E-state index is 0.348. The minimum Gasteiger partial charge on any atom is -0.487 e. The van der Waals surface area contributed by atoms with Crippen LogP contribution in [0.1, 0.15) is 11.1 Å². The lowest BCUT2D eigenvalue weighted by molar-refractivity contribution is 0.304. The lowest BCUT2D eigenvalue weighted by atomic mass is 10.2. The highest BCUT2D eigenvalue weighted by atomic mass is 79.9. The van der Waals surface area contributed by atoms with Crippen molar-refractivity contribution < 1.29 is 9.94 Å². The molecule has 0 aliphatic rings. The van der Waals surface area contributed by atoms with E-state index in [2.05, 4.69) is 21.1 Å². The highest BCUT2D eigenvalue weighted by molar-refractivity contribution is 9.10. The standard InChI is InChI=1S/C14H10BrCl2NO2/c15-11-3-1-9(2-4-11)8-20-14-10(7-18-19)5-12(16)6-13(14)17/h1-7,19H,8H2/b18-7-. The van der Waals surface area contributed by atoms with Crippen LogP contribution in [0.3, 0.4) is 0 Å². The first-order valence-corrected chi connectivity index (χ1v) is 7.19. The average Bonchev–Trinajstić information content (AvgIpc) is 2.40. The maximum absolute atomic E-state index is 8.66. The van der Waals surface area contributed by atoms with E-state index in [4.69, 9.17) is 33.1 Å². The third kappa shape index (κ3) is 3.88. The average molecular weight is 375 g/mol. The van der Waals surface area contributed by atoms with Crippen molar-refractivity contribution in [2.45, 2.75) is 6.61 Å². The Morgan fingerprint density at radius 2 is 1.90 bits per heavy atom. The first-order valence-electron chi connectivity index (χ1n) is 5.64. The molecule has 0 fully saturated rings. The Morgan fingerprint density at radius 3 is 2.55 bits per heavy atom. The number of hydrogen-bond donors (Lipinski definition) is 1. The molecule has 2 aromatic carbocycles. The molecular weight excluding hydrogens is 365 g/mol. The van der Waals surface area contributed by atoms with Crippen molar-refractivity contribution in [1.29, 1.82) is 0 Å². The number of oxime groups is 1. The first kappa shape index (κ1) is 15.2. The Bertz CT molecular complexity index is 630. The minimum absolute atomic E-state index is 0.348. The first-order chi connectivity index (χ1) is 9.60. The van der Waals surface area contributed by atoms with Gasteiger partial charge in [-0.2, -0.15) is 0 Å². The van der Waals surface area contributed by atoms with Gasteiger partial charge in [-0.05, 0) is 29.8 Å². The Balaban J connectivity index is 2.22. The second-order valence-electron chi connectivity index (χ2n) is 3.97. The summed E-state index contributed by atoms with van der Waals surface area (Å²) in [4.78, 5) is 0. The zero-order valence-corrected chi connectivity index (χ0v) is 13.3. The molecule has 6 heteroatoms. The van der Waals surface area contributed by atoms with Crippen LogP contribution in [0.5, 0.6) is 5.75 Å². The Kier molecular flexibility index (Phi) is 5.29. The van der Waals surface area contributed by atoms with Crippen LogP contribution >= 0.6 is 39.1 Å². The Labute approximate surface area is 134 Å². The van der Waals surface area contributed by atoms with Crippen molar-refractivity contribution in [3.8, 4) is 5.75 Å². The smallest absolute Gasteiger partial charge is 0.147 e. The van der Waals surface area contributed by atoms with Gasteiger partial charge in [-0.15, -0.1) is 0 Å². The summed E-state index contributed by atoms with van der Waals surface area (Å²) in [5.74, 6) is 0.428. The fourth-order valence-electron chi connectivity index (χ4n) is 1.63. The fraction of sp³-hybridized carbons (Fsp3) is 0.0714. The largest absolute Gasteiger partial charge is 0.487 e. The second-order valence-corrected chi connectivity index (χ2v) is 5.72. The van der Waals surface area contributed by atoms with Crippen molar-refractivity contribution in [2.75, 3.05) is 0 Å². The van der Waals surface area contributed by atoms with Crippen LogP contribution in [0.25, 0.3) is 0 Å². The van der Waals surface area contributed by atoms with Gasteiger partial charge in [-0.25, -0.2) is 0 Å². The van der Waals surface area contributed by atoms with E-state index < -0.39 is 0 Å². The van der Waals surface area contributed by atoms with E-state index >= 15 is 0 Å². The van der Waals surface area contributed by atoms with Crippen molar-refractivity contribution >= 4 is 45.3 Å². The van der Waals surface area contributed by atoms with Gasteiger partial charge in [0.25, 0.3) is 0 Å². The van der Waals surface area contributed by atoms with Crippen LogP contribution in [0.2, 0.25) is 10.0 Å².